The number of carboxylic acid groups (broad SMARTS) is 1. The van der Waals surface area contributed by atoms with Gasteiger partial charge in [-0.2, -0.15) is 0 Å². The Kier molecular flexibility index (Phi) is 6.35. The largest absolute Gasteiger partial charge is 0.492 e. The maximum Gasteiger partial charge on any atom is 0.303 e. The van der Waals surface area contributed by atoms with E-state index in [2.05, 4.69) is 15.9 Å². The van der Waals surface area contributed by atoms with Crippen molar-refractivity contribution in [1.82, 2.24) is 4.90 Å². The molecule has 19 heavy (non-hydrogen) atoms. The lowest BCUT2D eigenvalue weighted by molar-refractivity contribution is -0.140. The van der Waals surface area contributed by atoms with E-state index >= 15 is 0 Å². The van der Waals surface area contributed by atoms with Crippen molar-refractivity contribution in [2.45, 2.75) is 12.8 Å². The molecule has 1 aromatic carbocycles. The van der Waals surface area contributed by atoms with Crippen LogP contribution in [0.3, 0.4) is 0 Å². The van der Waals surface area contributed by atoms with E-state index in [1.165, 1.54) is 4.90 Å². The van der Waals surface area contributed by atoms with Crippen LogP contribution in [0, 0.1) is 0 Å². The quantitative estimate of drug-likeness (QED) is 0.832. The predicted molar refractivity (Wildman–Crippen MR) is 74.1 cm³/mol. The molecule has 0 spiro atoms. The van der Waals surface area contributed by atoms with E-state index in [1.807, 2.05) is 24.3 Å². The molecule has 0 atom stereocenters. The monoisotopic (exact) mass is 329 g/mol. The molecule has 0 saturated heterocycles. The molecule has 0 radical (unpaired) electrons. The summed E-state index contributed by atoms with van der Waals surface area (Å²) in [7, 11) is 1.63. The van der Waals surface area contributed by atoms with Crippen molar-refractivity contribution in [2.75, 3.05) is 20.2 Å². The summed E-state index contributed by atoms with van der Waals surface area (Å²) >= 11 is 3.33. The fourth-order valence-corrected chi connectivity index (χ4v) is 1.63. The van der Waals surface area contributed by atoms with Crippen molar-refractivity contribution in [3.05, 3.63) is 28.7 Å². The Morgan fingerprint density at radius 1 is 1.26 bits per heavy atom. The number of hydrogen-bond donors (Lipinski definition) is 1. The average Bonchev–Trinajstić information content (AvgIpc) is 2.38. The number of likely N-dealkylation sites (N-methyl/N-ethyl adjacent to an activating group) is 1. The Labute approximate surface area is 120 Å². The molecule has 104 valence electrons. The van der Waals surface area contributed by atoms with Crippen LogP contribution in [0.2, 0.25) is 0 Å². The first-order valence-corrected chi connectivity index (χ1v) is 6.62. The third-order valence-corrected chi connectivity index (χ3v) is 3.02. The normalized spacial score (nSPS) is 10.0. The molecule has 0 aromatic heterocycles. The second kappa shape index (κ2) is 7.78. The molecular formula is C13H16BrNO4. The zero-order valence-electron chi connectivity index (χ0n) is 10.6. The van der Waals surface area contributed by atoms with E-state index < -0.39 is 5.97 Å². The summed E-state index contributed by atoms with van der Waals surface area (Å²) in [5.74, 6) is -0.427. The van der Waals surface area contributed by atoms with Crippen molar-refractivity contribution >= 4 is 27.8 Å². The summed E-state index contributed by atoms with van der Waals surface area (Å²) in [6.07, 6.45) is -0.124. The van der Waals surface area contributed by atoms with E-state index in [0.717, 1.165) is 10.2 Å². The second-order valence-electron chi connectivity index (χ2n) is 4.01. The first-order chi connectivity index (χ1) is 8.99. The molecule has 1 N–H and O–H groups in total. The van der Waals surface area contributed by atoms with Gasteiger partial charge in [0.15, 0.2) is 0 Å². The van der Waals surface area contributed by atoms with Crippen LogP contribution in [0.25, 0.3) is 0 Å². The van der Waals surface area contributed by atoms with Crippen LogP contribution in [-0.2, 0) is 9.59 Å². The molecule has 0 aliphatic carbocycles. The Hall–Kier alpha value is -1.56. The molecule has 1 aromatic rings. The minimum Gasteiger partial charge on any atom is -0.492 e. The zero-order valence-corrected chi connectivity index (χ0v) is 12.2. The maximum atomic E-state index is 11.5. The van der Waals surface area contributed by atoms with Gasteiger partial charge in [-0.25, -0.2) is 0 Å². The summed E-state index contributed by atoms with van der Waals surface area (Å²) in [6.45, 7) is 0.797. The average molecular weight is 330 g/mol. The molecular weight excluding hydrogens is 314 g/mol. The molecule has 0 bridgehead atoms. The summed E-state index contributed by atoms with van der Waals surface area (Å²) in [5, 5.41) is 8.49. The third-order valence-electron chi connectivity index (χ3n) is 2.49. The minimum atomic E-state index is -0.965. The summed E-state index contributed by atoms with van der Waals surface area (Å²) in [4.78, 5) is 23.4. The number of carbonyl (C=O) groups excluding carboxylic acids is 1. The van der Waals surface area contributed by atoms with Gasteiger partial charge in [-0.05, 0) is 24.3 Å². The molecule has 0 heterocycles. The van der Waals surface area contributed by atoms with Gasteiger partial charge in [0.05, 0.1) is 13.0 Å². The van der Waals surface area contributed by atoms with Crippen LogP contribution in [-0.4, -0.2) is 42.1 Å². The highest BCUT2D eigenvalue weighted by Crippen LogP contribution is 2.15. The standard InChI is InChI=1S/C13H16BrNO4/c1-15(12(16)6-7-13(17)18)8-9-19-11-4-2-10(14)3-5-11/h2-5H,6-9H2,1H3,(H,17,18). The molecule has 1 amide bonds. The van der Waals surface area contributed by atoms with Crippen molar-refractivity contribution in [3.8, 4) is 5.75 Å². The smallest absolute Gasteiger partial charge is 0.303 e. The fraction of sp³-hybridized carbons (Fsp3) is 0.385. The van der Waals surface area contributed by atoms with Gasteiger partial charge < -0.3 is 14.7 Å². The van der Waals surface area contributed by atoms with Crippen molar-refractivity contribution in [1.29, 1.82) is 0 Å². The van der Waals surface area contributed by atoms with Gasteiger partial charge in [0.1, 0.15) is 12.4 Å². The van der Waals surface area contributed by atoms with Crippen molar-refractivity contribution in [2.24, 2.45) is 0 Å². The molecule has 5 nitrogen and oxygen atoms in total. The highest BCUT2D eigenvalue weighted by atomic mass is 79.9. The Bertz CT molecular complexity index is 433. The minimum absolute atomic E-state index is 0.0180. The number of ether oxygens (including phenoxy) is 1. The topological polar surface area (TPSA) is 66.8 Å². The van der Waals surface area contributed by atoms with Gasteiger partial charge >= 0.3 is 5.97 Å². The van der Waals surface area contributed by atoms with Gasteiger partial charge in [0.25, 0.3) is 0 Å². The molecule has 0 unspecified atom stereocenters. The Morgan fingerprint density at radius 3 is 2.47 bits per heavy atom. The summed E-state index contributed by atoms with van der Waals surface area (Å²) < 4.78 is 6.45. The lowest BCUT2D eigenvalue weighted by Gasteiger charge is -2.17. The fourth-order valence-electron chi connectivity index (χ4n) is 1.36. The maximum absolute atomic E-state index is 11.5. The highest BCUT2D eigenvalue weighted by molar-refractivity contribution is 9.10. The number of carbonyl (C=O) groups is 2. The van der Waals surface area contributed by atoms with Crippen molar-refractivity contribution < 1.29 is 19.4 Å². The number of benzene rings is 1. The lowest BCUT2D eigenvalue weighted by Crippen LogP contribution is -2.31. The molecule has 0 aliphatic heterocycles. The van der Waals surface area contributed by atoms with Gasteiger partial charge in [0.2, 0.25) is 5.91 Å². The zero-order chi connectivity index (χ0) is 14.3. The first-order valence-electron chi connectivity index (χ1n) is 5.83. The number of aliphatic carboxylic acids is 1. The number of hydrogen-bond acceptors (Lipinski definition) is 3. The molecule has 0 aliphatic rings. The third kappa shape index (κ3) is 6.24. The van der Waals surface area contributed by atoms with Gasteiger partial charge in [-0.3, -0.25) is 9.59 Å². The number of carboxylic acids is 1. The highest BCUT2D eigenvalue weighted by Gasteiger charge is 2.10. The summed E-state index contributed by atoms with van der Waals surface area (Å²) in [6, 6.07) is 7.40. The number of rotatable bonds is 7. The molecule has 0 saturated carbocycles. The number of amides is 1. The molecule has 1 rings (SSSR count). The Balaban J connectivity index is 2.26. The van der Waals surface area contributed by atoms with E-state index in [4.69, 9.17) is 9.84 Å². The van der Waals surface area contributed by atoms with E-state index in [-0.39, 0.29) is 18.7 Å². The molecule has 6 heteroatoms. The van der Waals surface area contributed by atoms with Gasteiger partial charge in [0, 0.05) is 17.9 Å². The second-order valence-corrected chi connectivity index (χ2v) is 4.93. The SMILES string of the molecule is CN(CCOc1ccc(Br)cc1)C(=O)CCC(=O)O. The molecule has 0 fully saturated rings. The van der Waals surface area contributed by atoms with E-state index in [9.17, 15) is 9.59 Å². The summed E-state index contributed by atoms with van der Waals surface area (Å²) in [5.41, 5.74) is 0. The van der Waals surface area contributed by atoms with Crippen LogP contribution in [0.1, 0.15) is 12.8 Å². The lowest BCUT2D eigenvalue weighted by atomic mass is 10.3. The van der Waals surface area contributed by atoms with Crippen molar-refractivity contribution in [3.63, 3.8) is 0 Å². The number of nitrogens with zero attached hydrogens (tertiary/aromatic N) is 1. The van der Waals surface area contributed by atoms with Crippen LogP contribution in [0.5, 0.6) is 5.75 Å². The number of halogens is 1. The van der Waals surface area contributed by atoms with Crippen LogP contribution in [0.4, 0.5) is 0 Å². The van der Waals surface area contributed by atoms with E-state index in [0.29, 0.717) is 13.2 Å². The predicted octanol–water partition coefficient (Wildman–Crippen LogP) is 2.15. The van der Waals surface area contributed by atoms with Crippen LogP contribution >= 0.6 is 15.9 Å². The van der Waals surface area contributed by atoms with Crippen LogP contribution < -0.4 is 4.74 Å². The first kappa shape index (κ1) is 15.5. The Morgan fingerprint density at radius 2 is 1.89 bits per heavy atom. The van der Waals surface area contributed by atoms with Crippen LogP contribution in [0.15, 0.2) is 28.7 Å². The van der Waals surface area contributed by atoms with E-state index in [1.54, 1.807) is 7.05 Å². The van der Waals surface area contributed by atoms with Gasteiger partial charge in [-0.1, -0.05) is 15.9 Å². The van der Waals surface area contributed by atoms with Gasteiger partial charge in [-0.15, -0.1) is 0 Å².